The lowest BCUT2D eigenvalue weighted by Crippen LogP contribution is -2.39. The van der Waals surface area contributed by atoms with Gasteiger partial charge in [0.1, 0.15) is 5.76 Å². The molecular weight excluding hydrogens is 230 g/mol. The van der Waals surface area contributed by atoms with Crippen molar-refractivity contribution in [1.29, 1.82) is 0 Å². The van der Waals surface area contributed by atoms with E-state index in [0.717, 1.165) is 36.5 Å². The molecule has 0 spiro atoms. The molecule has 2 unspecified atom stereocenters. The van der Waals surface area contributed by atoms with Crippen LogP contribution in [-0.2, 0) is 4.79 Å². The van der Waals surface area contributed by atoms with E-state index >= 15 is 0 Å². The fourth-order valence-corrected chi connectivity index (χ4v) is 2.76. The third-order valence-electron chi connectivity index (χ3n) is 3.66. The van der Waals surface area contributed by atoms with Gasteiger partial charge in [0.25, 0.3) is 0 Å². The van der Waals surface area contributed by atoms with E-state index in [4.69, 9.17) is 4.52 Å². The van der Waals surface area contributed by atoms with Gasteiger partial charge in [-0.2, -0.15) is 0 Å². The zero-order valence-corrected chi connectivity index (χ0v) is 11.5. The molecule has 5 heteroatoms. The zero-order valence-electron chi connectivity index (χ0n) is 11.5. The van der Waals surface area contributed by atoms with Gasteiger partial charge in [-0.1, -0.05) is 12.1 Å². The van der Waals surface area contributed by atoms with E-state index in [1.54, 1.807) is 0 Å². The molecule has 2 heterocycles. The maximum Gasteiger partial charge on any atom is 0.240 e. The molecule has 1 aromatic rings. The molecule has 1 amide bonds. The van der Waals surface area contributed by atoms with Crippen molar-refractivity contribution < 1.29 is 9.32 Å². The topological polar surface area (TPSA) is 58.4 Å². The van der Waals surface area contributed by atoms with Crippen molar-refractivity contribution >= 4 is 5.91 Å². The Bertz CT molecular complexity index is 422. The van der Waals surface area contributed by atoms with Gasteiger partial charge in [-0.25, -0.2) is 0 Å². The summed E-state index contributed by atoms with van der Waals surface area (Å²) in [6, 6.07) is 0.00493. The van der Waals surface area contributed by atoms with Crippen molar-refractivity contribution in [3.63, 3.8) is 0 Å². The molecule has 2 atom stereocenters. The van der Waals surface area contributed by atoms with Crippen LogP contribution < -0.4 is 5.32 Å². The van der Waals surface area contributed by atoms with Gasteiger partial charge in [0, 0.05) is 12.1 Å². The summed E-state index contributed by atoms with van der Waals surface area (Å²) >= 11 is 0. The third kappa shape index (κ3) is 2.14. The van der Waals surface area contributed by atoms with E-state index < -0.39 is 0 Å². The predicted molar refractivity (Wildman–Crippen MR) is 68.2 cm³/mol. The maximum absolute atomic E-state index is 12.3. The molecule has 1 fully saturated rings. The molecule has 0 aliphatic carbocycles. The molecule has 100 valence electrons. The number of likely N-dealkylation sites (N-methyl/N-ethyl adjacent to an activating group) is 1. The molecule has 0 bridgehead atoms. The molecule has 0 aromatic carbocycles. The van der Waals surface area contributed by atoms with Crippen LogP contribution >= 0.6 is 0 Å². The predicted octanol–water partition coefficient (Wildman–Crippen LogP) is 1.56. The Labute approximate surface area is 108 Å². The first-order chi connectivity index (χ1) is 8.56. The number of hydrogen-bond acceptors (Lipinski definition) is 4. The van der Waals surface area contributed by atoms with Gasteiger partial charge in [0.2, 0.25) is 5.91 Å². The summed E-state index contributed by atoms with van der Waals surface area (Å²) in [6.07, 6.45) is 0.875. The van der Waals surface area contributed by atoms with Crippen LogP contribution in [0, 0.1) is 13.8 Å². The van der Waals surface area contributed by atoms with Crippen LogP contribution in [-0.4, -0.2) is 35.1 Å². The molecule has 1 saturated heterocycles. The summed E-state index contributed by atoms with van der Waals surface area (Å²) in [5.41, 5.74) is 1.92. The van der Waals surface area contributed by atoms with Gasteiger partial charge in [-0.15, -0.1) is 0 Å². The van der Waals surface area contributed by atoms with E-state index in [1.165, 1.54) is 0 Å². The average molecular weight is 251 g/mol. The number of aromatic nitrogens is 1. The van der Waals surface area contributed by atoms with Crippen LogP contribution in [0.5, 0.6) is 0 Å². The number of carbonyl (C=O) groups excluding carboxylic acids is 1. The highest BCUT2D eigenvalue weighted by Crippen LogP contribution is 2.29. The lowest BCUT2D eigenvalue weighted by molar-refractivity contribution is -0.131. The van der Waals surface area contributed by atoms with E-state index in [2.05, 4.69) is 10.5 Å². The Morgan fingerprint density at radius 2 is 2.28 bits per heavy atom. The Balaban J connectivity index is 2.16. The summed E-state index contributed by atoms with van der Waals surface area (Å²) in [4.78, 5) is 14.2. The lowest BCUT2D eigenvalue weighted by atomic mass is 10.1. The number of nitrogens with one attached hydrogen (secondary N) is 1. The summed E-state index contributed by atoms with van der Waals surface area (Å²) in [7, 11) is 0. The lowest BCUT2D eigenvalue weighted by Gasteiger charge is -2.24. The monoisotopic (exact) mass is 251 g/mol. The van der Waals surface area contributed by atoms with Gasteiger partial charge in [0.05, 0.1) is 17.8 Å². The number of nitrogens with zero attached hydrogens (tertiary/aromatic N) is 2. The Morgan fingerprint density at radius 1 is 1.56 bits per heavy atom. The number of aryl methyl sites for hydroxylation is 2. The first-order valence-electron chi connectivity index (χ1n) is 6.52. The van der Waals surface area contributed by atoms with E-state index in [9.17, 15) is 4.79 Å². The van der Waals surface area contributed by atoms with Crippen LogP contribution in [0.4, 0.5) is 0 Å². The number of rotatable bonds is 4. The van der Waals surface area contributed by atoms with Gasteiger partial charge in [0.15, 0.2) is 0 Å². The largest absolute Gasteiger partial charge is 0.361 e. The molecule has 0 radical (unpaired) electrons. The van der Waals surface area contributed by atoms with Crippen LogP contribution in [0.2, 0.25) is 0 Å². The molecule has 18 heavy (non-hydrogen) atoms. The number of amides is 1. The van der Waals surface area contributed by atoms with E-state index in [-0.39, 0.29) is 18.0 Å². The third-order valence-corrected chi connectivity index (χ3v) is 3.66. The standard InChI is InChI=1S/C13H21N3O2/c1-5-14-11-6-7-16(13(11)17)9(3)12-8(2)15-18-10(12)4/h9,11,14H,5-7H2,1-4H3. The average Bonchev–Trinajstić information content (AvgIpc) is 2.84. The minimum absolute atomic E-state index is 0.0297. The van der Waals surface area contributed by atoms with Gasteiger partial charge in [-0.05, 0) is 33.7 Å². The van der Waals surface area contributed by atoms with Crippen molar-refractivity contribution in [2.45, 2.75) is 46.2 Å². The number of likely N-dealkylation sites (tertiary alicyclic amines) is 1. The molecule has 5 nitrogen and oxygen atoms in total. The van der Waals surface area contributed by atoms with Crippen LogP contribution in [0.1, 0.15) is 43.3 Å². The van der Waals surface area contributed by atoms with Gasteiger partial charge >= 0.3 is 0 Å². The quantitative estimate of drug-likeness (QED) is 0.882. The molecule has 1 aromatic heterocycles. The number of hydrogen-bond donors (Lipinski definition) is 1. The van der Waals surface area contributed by atoms with Crippen LogP contribution in [0.25, 0.3) is 0 Å². The minimum Gasteiger partial charge on any atom is -0.361 e. The van der Waals surface area contributed by atoms with Crippen LogP contribution in [0.15, 0.2) is 4.52 Å². The van der Waals surface area contributed by atoms with Gasteiger partial charge < -0.3 is 14.7 Å². The van der Waals surface area contributed by atoms with Crippen molar-refractivity contribution in [2.75, 3.05) is 13.1 Å². The second-order valence-electron chi connectivity index (χ2n) is 4.84. The highest BCUT2D eigenvalue weighted by molar-refractivity contribution is 5.84. The number of carbonyl (C=O) groups is 1. The minimum atomic E-state index is -0.0297. The fourth-order valence-electron chi connectivity index (χ4n) is 2.76. The smallest absolute Gasteiger partial charge is 0.240 e. The normalized spacial score (nSPS) is 21.7. The highest BCUT2D eigenvalue weighted by atomic mass is 16.5. The van der Waals surface area contributed by atoms with Crippen molar-refractivity contribution in [3.05, 3.63) is 17.0 Å². The van der Waals surface area contributed by atoms with Crippen LogP contribution in [0.3, 0.4) is 0 Å². The summed E-state index contributed by atoms with van der Waals surface area (Å²) in [6.45, 7) is 9.50. The molecule has 1 aliphatic rings. The summed E-state index contributed by atoms with van der Waals surface area (Å²) in [5, 5.41) is 7.18. The maximum atomic E-state index is 12.3. The Kier molecular flexibility index (Phi) is 3.71. The molecule has 2 rings (SSSR count). The van der Waals surface area contributed by atoms with E-state index in [1.807, 2.05) is 32.6 Å². The Hall–Kier alpha value is -1.36. The van der Waals surface area contributed by atoms with Crippen molar-refractivity contribution in [1.82, 2.24) is 15.4 Å². The summed E-state index contributed by atoms with van der Waals surface area (Å²) < 4.78 is 5.18. The summed E-state index contributed by atoms with van der Waals surface area (Å²) in [5.74, 6) is 0.990. The Morgan fingerprint density at radius 3 is 2.83 bits per heavy atom. The second-order valence-corrected chi connectivity index (χ2v) is 4.84. The molecule has 0 saturated carbocycles. The van der Waals surface area contributed by atoms with Gasteiger partial charge in [-0.3, -0.25) is 4.79 Å². The molecular formula is C13H21N3O2. The first kappa shape index (κ1) is 13.1. The van der Waals surface area contributed by atoms with E-state index in [0.29, 0.717) is 0 Å². The zero-order chi connectivity index (χ0) is 13.3. The first-order valence-corrected chi connectivity index (χ1v) is 6.52. The van der Waals surface area contributed by atoms with Crippen molar-refractivity contribution in [3.8, 4) is 0 Å². The molecule has 1 aliphatic heterocycles. The highest BCUT2D eigenvalue weighted by Gasteiger charge is 2.35. The second kappa shape index (κ2) is 5.10. The van der Waals surface area contributed by atoms with Crippen molar-refractivity contribution in [2.24, 2.45) is 0 Å². The molecule has 1 N–H and O–H groups in total. The SMILES string of the molecule is CCNC1CCN(C(C)c2c(C)noc2C)C1=O. The fraction of sp³-hybridized carbons (Fsp3) is 0.692.